The molecule has 2 rings (SSSR count). The average Bonchev–Trinajstić information content (AvgIpc) is 2.76. The SMILES string of the molecule is NC(=O)CN1CCCN(C(=O)c2cccs2)CC1. The molecule has 18 heavy (non-hydrogen) atoms. The van der Waals surface area contributed by atoms with Crippen molar-refractivity contribution in [2.45, 2.75) is 6.42 Å². The fourth-order valence-electron chi connectivity index (χ4n) is 2.11. The number of nitrogens with two attached hydrogens (primary N) is 1. The molecule has 0 aromatic carbocycles. The Morgan fingerprint density at radius 1 is 1.28 bits per heavy atom. The molecule has 0 bridgehead atoms. The molecule has 2 heterocycles. The number of primary amides is 1. The molecule has 0 saturated carbocycles. The van der Waals surface area contributed by atoms with E-state index in [0.29, 0.717) is 13.1 Å². The van der Waals surface area contributed by atoms with E-state index < -0.39 is 0 Å². The summed E-state index contributed by atoms with van der Waals surface area (Å²) >= 11 is 1.46. The Hall–Kier alpha value is -1.40. The molecule has 1 aliphatic rings. The Bertz CT molecular complexity index is 419. The monoisotopic (exact) mass is 267 g/mol. The molecule has 0 radical (unpaired) electrons. The second-order valence-corrected chi connectivity index (χ2v) is 5.31. The molecule has 1 saturated heterocycles. The molecule has 6 heteroatoms. The van der Waals surface area contributed by atoms with Gasteiger partial charge in [0.2, 0.25) is 5.91 Å². The highest BCUT2D eigenvalue weighted by Gasteiger charge is 2.21. The van der Waals surface area contributed by atoms with Crippen molar-refractivity contribution in [3.63, 3.8) is 0 Å². The Labute approximate surface area is 110 Å². The first-order valence-electron chi connectivity index (χ1n) is 6.00. The summed E-state index contributed by atoms with van der Waals surface area (Å²) in [5, 5.41) is 1.91. The van der Waals surface area contributed by atoms with E-state index in [0.717, 1.165) is 24.4 Å². The Morgan fingerprint density at radius 2 is 2.11 bits per heavy atom. The Balaban J connectivity index is 1.93. The lowest BCUT2D eigenvalue weighted by Gasteiger charge is -2.20. The lowest BCUT2D eigenvalue weighted by Crippen LogP contribution is -2.38. The van der Waals surface area contributed by atoms with Gasteiger partial charge in [0.15, 0.2) is 0 Å². The van der Waals surface area contributed by atoms with Crippen LogP contribution in [0.25, 0.3) is 0 Å². The third-order valence-electron chi connectivity index (χ3n) is 2.99. The fourth-order valence-corrected chi connectivity index (χ4v) is 2.80. The molecule has 1 aliphatic heterocycles. The van der Waals surface area contributed by atoms with Gasteiger partial charge in [-0.15, -0.1) is 11.3 Å². The quantitative estimate of drug-likeness (QED) is 0.861. The number of carbonyl (C=O) groups is 2. The molecule has 0 spiro atoms. The van der Waals surface area contributed by atoms with Crippen LogP contribution < -0.4 is 5.73 Å². The first kappa shape index (κ1) is 13.0. The molecule has 98 valence electrons. The largest absolute Gasteiger partial charge is 0.369 e. The zero-order valence-corrected chi connectivity index (χ0v) is 11.0. The van der Waals surface area contributed by atoms with Crippen LogP contribution in [0.4, 0.5) is 0 Å². The van der Waals surface area contributed by atoms with E-state index in [2.05, 4.69) is 0 Å². The highest BCUT2D eigenvalue weighted by atomic mass is 32.1. The maximum atomic E-state index is 12.2. The van der Waals surface area contributed by atoms with Gasteiger partial charge in [-0.1, -0.05) is 6.07 Å². The molecule has 2 N–H and O–H groups in total. The molecular weight excluding hydrogens is 250 g/mol. The van der Waals surface area contributed by atoms with Crippen molar-refractivity contribution in [2.75, 3.05) is 32.7 Å². The lowest BCUT2D eigenvalue weighted by atomic mass is 10.3. The van der Waals surface area contributed by atoms with E-state index in [-0.39, 0.29) is 18.4 Å². The standard InChI is InChI=1S/C12H17N3O2S/c13-11(16)9-14-4-2-5-15(7-6-14)12(17)10-3-1-8-18-10/h1,3,8H,2,4-7,9H2,(H2,13,16). The van der Waals surface area contributed by atoms with Crippen LogP contribution in [0.15, 0.2) is 17.5 Å². The van der Waals surface area contributed by atoms with E-state index in [1.807, 2.05) is 27.3 Å². The summed E-state index contributed by atoms with van der Waals surface area (Å²) < 4.78 is 0. The van der Waals surface area contributed by atoms with Gasteiger partial charge < -0.3 is 10.6 Å². The zero-order chi connectivity index (χ0) is 13.0. The third-order valence-corrected chi connectivity index (χ3v) is 3.84. The average molecular weight is 267 g/mol. The minimum absolute atomic E-state index is 0.0888. The van der Waals surface area contributed by atoms with Gasteiger partial charge in [0.05, 0.1) is 11.4 Å². The molecule has 0 unspecified atom stereocenters. The predicted octanol–water partition coefficient (Wildman–Crippen LogP) is 0.381. The maximum Gasteiger partial charge on any atom is 0.263 e. The summed E-state index contributed by atoms with van der Waals surface area (Å²) in [6, 6.07) is 3.73. The number of hydrogen-bond acceptors (Lipinski definition) is 4. The molecule has 0 aliphatic carbocycles. The van der Waals surface area contributed by atoms with Crippen LogP contribution in [-0.2, 0) is 4.79 Å². The first-order valence-corrected chi connectivity index (χ1v) is 6.88. The second kappa shape index (κ2) is 5.97. The third kappa shape index (κ3) is 3.30. The number of hydrogen-bond donors (Lipinski definition) is 1. The van der Waals surface area contributed by atoms with Gasteiger partial charge in [0, 0.05) is 26.2 Å². The van der Waals surface area contributed by atoms with E-state index in [9.17, 15) is 9.59 Å². The topological polar surface area (TPSA) is 66.6 Å². The van der Waals surface area contributed by atoms with Crippen molar-refractivity contribution in [2.24, 2.45) is 5.73 Å². The van der Waals surface area contributed by atoms with Gasteiger partial charge in [-0.05, 0) is 17.9 Å². The fraction of sp³-hybridized carbons (Fsp3) is 0.500. The van der Waals surface area contributed by atoms with Crippen molar-refractivity contribution in [1.29, 1.82) is 0 Å². The maximum absolute atomic E-state index is 12.2. The van der Waals surface area contributed by atoms with Crippen LogP contribution in [-0.4, -0.2) is 54.3 Å². The normalized spacial score (nSPS) is 17.4. The van der Waals surface area contributed by atoms with Crippen LogP contribution in [0.3, 0.4) is 0 Å². The highest BCUT2D eigenvalue weighted by Crippen LogP contribution is 2.13. The number of thiophene rings is 1. The van der Waals surface area contributed by atoms with Crippen molar-refractivity contribution < 1.29 is 9.59 Å². The Kier molecular flexibility index (Phi) is 4.33. The molecule has 1 aromatic rings. The number of carbonyl (C=O) groups excluding carboxylic acids is 2. The van der Waals surface area contributed by atoms with Crippen molar-refractivity contribution in [3.8, 4) is 0 Å². The van der Waals surface area contributed by atoms with Crippen LogP contribution in [0.5, 0.6) is 0 Å². The lowest BCUT2D eigenvalue weighted by molar-refractivity contribution is -0.119. The number of amides is 2. The van der Waals surface area contributed by atoms with Crippen LogP contribution in [0.2, 0.25) is 0 Å². The molecule has 5 nitrogen and oxygen atoms in total. The van der Waals surface area contributed by atoms with E-state index >= 15 is 0 Å². The second-order valence-electron chi connectivity index (χ2n) is 4.37. The molecule has 1 fully saturated rings. The highest BCUT2D eigenvalue weighted by molar-refractivity contribution is 7.12. The number of nitrogens with zero attached hydrogens (tertiary/aromatic N) is 2. The van der Waals surface area contributed by atoms with Gasteiger partial charge in [-0.3, -0.25) is 14.5 Å². The van der Waals surface area contributed by atoms with E-state index in [1.54, 1.807) is 0 Å². The summed E-state index contributed by atoms with van der Waals surface area (Å²) in [6.07, 6.45) is 0.879. The van der Waals surface area contributed by atoms with Gasteiger partial charge >= 0.3 is 0 Å². The van der Waals surface area contributed by atoms with Crippen molar-refractivity contribution in [3.05, 3.63) is 22.4 Å². The summed E-state index contributed by atoms with van der Waals surface area (Å²) in [7, 11) is 0. The summed E-state index contributed by atoms with van der Waals surface area (Å²) in [5.41, 5.74) is 5.19. The zero-order valence-electron chi connectivity index (χ0n) is 10.2. The van der Waals surface area contributed by atoms with E-state index in [1.165, 1.54) is 11.3 Å². The number of rotatable bonds is 3. The van der Waals surface area contributed by atoms with Crippen LogP contribution in [0.1, 0.15) is 16.1 Å². The molecular formula is C12H17N3O2S. The van der Waals surface area contributed by atoms with Crippen LogP contribution in [0, 0.1) is 0 Å². The summed E-state index contributed by atoms with van der Waals surface area (Å²) in [4.78, 5) is 27.7. The van der Waals surface area contributed by atoms with Gasteiger partial charge in [0.1, 0.15) is 0 Å². The van der Waals surface area contributed by atoms with Crippen molar-refractivity contribution in [1.82, 2.24) is 9.80 Å². The molecule has 2 amide bonds. The predicted molar refractivity (Wildman–Crippen MR) is 70.5 cm³/mol. The molecule has 1 aromatic heterocycles. The Morgan fingerprint density at radius 3 is 2.78 bits per heavy atom. The molecule has 0 atom stereocenters. The van der Waals surface area contributed by atoms with Gasteiger partial charge in [-0.25, -0.2) is 0 Å². The van der Waals surface area contributed by atoms with Gasteiger partial charge in [0.25, 0.3) is 5.91 Å². The summed E-state index contributed by atoms with van der Waals surface area (Å²) in [6.45, 7) is 3.20. The minimum Gasteiger partial charge on any atom is -0.369 e. The van der Waals surface area contributed by atoms with Gasteiger partial charge in [-0.2, -0.15) is 0 Å². The smallest absolute Gasteiger partial charge is 0.263 e. The van der Waals surface area contributed by atoms with Crippen molar-refractivity contribution >= 4 is 23.2 Å². The first-order chi connectivity index (χ1) is 8.66. The summed E-state index contributed by atoms with van der Waals surface area (Å²) in [5.74, 6) is -0.223. The van der Waals surface area contributed by atoms with Crippen LogP contribution >= 0.6 is 11.3 Å². The minimum atomic E-state index is -0.312. The van der Waals surface area contributed by atoms with E-state index in [4.69, 9.17) is 5.73 Å².